The molecular weight excluding hydrogens is 512 g/mol. The Bertz CT molecular complexity index is 1500. The highest BCUT2D eigenvalue weighted by Gasteiger charge is 2.23. The first-order chi connectivity index (χ1) is 17.8. The lowest BCUT2D eigenvalue weighted by Gasteiger charge is -2.11. The van der Waals surface area contributed by atoms with Crippen molar-refractivity contribution in [3.05, 3.63) is 95.8 Å². The van der Waals surface area contributed by atoms with E-state index in [2.05, 4.69) is 20.3 Å². The highest BCUT2D eigenvalue weighted by molar-refractivity contribution is 7.99. The SMILES string of the molecule is COC(=O)c1ccc(NC(=O)CSc2nnc(CS(=O)(=O)c3ccc(C)cc3)n2-c2ccccc2)cc1. The van der Waals surface area contributed by atoms with E-state index in [0.717, 1.165) is 17.3 Å². The van der Waals surface area contributed by atoms with E-state index in [1.54, 1.807) is 53.1 Å². The number of nitrogens with zero attached hydrogens (tertiary/aromatic N) is 3. The predicted octanol–water partition coefficient (Wildman–Crippen LogP) is 4.07. The lowest BCUT2D eigenvalue weighted by Crippen LogP contribution is -2.15. The second-order valence-corrected chi connectivity index (χ2v) is 11.0. The van der Waals surface area contributed by atoms with Crippen LogP contribution in [0.25, 0.3) is 5.69 Å². The van der Waals surface area contributed by atoms with E-state index in [4.69, 9.17) is 0 Å². The van der Waals surface area contributed by atoms with E-state index in [9.17, 15) is 18.0 Å². The third kappa shape index (κ3) is 6.43. The maximum atomic E-state index is 13.1. The van der Waals surface area contributed by atoms with Crippen LogP contribution in [0, 0.1) is 6.92 Å². The van der Waals surface area contributed by atoms with Crippen LogP contribution in [0.15, 0.2) is 88.9 Å². The van der Waals surface area contributed by atoms with E-state index < -0.39 is 15.8 Å². The summed E-state index contributed by atoms with van der Waals surface area (Å²) < 4.78 is 32.5. The summed E-state index contributed by atoms with van der Waals surface area (Å²) in [4.78, 5) is 24.4. The predicted molar refractivity (Wildman–Crippen MR) is 141 cm³/mol. The van der Waals surface area contributed by atoms with Gasteiger partial charge in [-0.05, 0) is 55.5 Å². The number of methoxy groups -OCH3 is 1. The van der Waals surface area contributed by atoms with Crippen molar-refractivity contribution in [3.63, 3.8) is 0 Å². The van der Waals surface area contributed by atoms with Gasteiger partial charge < -0.3 is 10.1 Å². The first-order valence-electron chi connectivity index (χ1n) is 11.2. The molecule has 3 aromatic carbocycles. The quantitative estimate of drug-likeness (QED) is 0.251. The smallest absolute Gasteiger partial charge is 0.337 e. The van der Waals surface area contributed by atoms with Crippen molar-refractivity contribution >= 4 is 39.2 Å². The summed E-state index contributed by atoms with van der Waals surface area (Å²) in [6, 6.07) is 22.1. The van der Waals surface area contributed by atoms with E-state index in [-0.39, 0.29) is 28.1 Å². The average molecular weight is 537 g/mol. The van der Waals surface area contributed by atoms with Crippen LogP contribution in [0.2, 0.25) is 0 Å². The highest BCUT2D eigenvalue weighted by Crippen LogP contribution is 2.25. The molecule has 11 heteroatoms. The van der Waals surface area contributed by atoms with Gasteiger partial charge in [0.1, 0.15) is 5.75 Å². The van der Waals surface area contributed by atoms with Crippen molar-refractivity contribution in [2.45, 2.75) is 22.7 Å². The van der Waals surface area contributed by atoms with E-state index >= 15 is 0 Å². The van der Waals surface area contributed by atoms with Crippen LogP contribution < -0.4 is 5.32 Å². The summed E-state index contributed by atoms with van der Waals surface area (Å²) in [7, 11) is -2.38. The van der Waals surface area contributed by atoms with Crippen LogP contribution in [0.4, 0.5) is 5.69 Å². The highest BCUT2D eigenvalue weighted by atomic mass is 32.2. The van der Waals surface area contributed by atoms with Crippen LogP contribution in [-0.4, -0.2) is 47.9 Å². The maximum absolute atomic E-state index is 13.1. The number of hydrogen-bond acceptors (Lipinski definition) is 8. The van der Waals surface area contributed by atoms with Crippen LogP contribution in [-0.2, 0) is 25.1 Å². The van der Waals surface area contributed by atoms with Crippen LogP contribution in [0.3, 0.4) is 0 Å². The van der Waals surface area contributed by atoms with Crippen molar-refractivity contribution in [3.8, 4) is 5.69 Å². The number of esters is 1. The summed E-state index contributed by atoms with van der Waals surface area (Å²) in [6.45, 7) is 1.89. The van der Waals surface area contributed by atoms with Gasteiger partial charge in [-0.1, -0.05) is 47.7 Å². The Morgan fingerprint density at radius 3 is 2.27 bits per heavy atom. The molecule has 1 aromatic heterocycles. The van der Waals surface area contributed by atoms with E-state index in [1.807, 2.05) is 37.3 Å². The molecule has 1 N–H and O–H groups in total. The van der Waals surface area contributed by atoms with Crippen LogP contribution in [0.1, 0.15) is 21.7 Å². The van der Waals surface area contributed by atoms with Gasteiger partial charge in [0.15, 0.2) is 20.8 Å². The van der Waals surface area contributed by atoms with Gasteiger partial charge in [-0.25, -0.2) is 13.2 Å². The molecule has 1 amide bonds. The molecule has 0 saturated carbocycles. The maximum Gasteiger partial charge on any atom is 0.337 e. The molecule has 37 heavy (non-hydrogen) atoms. The zero-order chi connectivity index (χ0) is 26.4. The first kappa shape index (κ1) is 26.1. The summed E-state index contributed by atoms with van der Waals surface area (Å²) in [5.74, 6) is -0.861. The standard InChI is InChI=1S/C26H24N4O5S2/c1-18-8-14-22(15-9-18)37(33,34)17-23-28-29-26(30(23)21-6-4-3-5-7-21)36-16-24(31)27-20-12-10-19(11-13-20)25(32)35-2/h3-15H,16-17H2,1-2H3,(H,27,31). The van der Waals surface area contributed by atoms with Gasteiger partial charge in [0.05, 0.1) is 23.3 Å². The van der Waals surface area contributed by atoms with E-state index in [0.29, 0.717) is 22.1 Å². The second-order valence-electron chi connectivity index (χ2n) is 8.05. The van der Waals surface area contributed by atoms with Gasteiger partial charge in [-0.3, -0.25) is 9.36 Å². The van der Waals surface area contributed by atoms with Gasteiger partial charge in [0, 0.05) is 11.4 Å². The monoisotopic (exact) mass is 536 g/mol. The average Bonchev–Trinajstić information content (AvgIpc) is 3.29. The van der Waals surface area contributed by atoms with Crippen molar-refractivity contribution in [2.24, 2.45) is 0 Å². The second kappa shape index (κ2) is 11.4. The zero-order valence-corrected chi connectivity index (χ0v) is 21.8. The molecule has 4 rings (SSSR count). The largest absolute Gasteiger partial charge is 0.465 e. The molecule has 0 fully saturated rings. The van der Waals surface area contributed by atoms with Gasteiger partial charge >= 0.3 is 5.97 Å². The molecule has 0 atom stereocenters. The number of anilines is 1. The number of aromatic nitrogens is 3. The molecule has 0 saturated heterocycles. The number of para-hydroxylation sites is 1. The molecule has 190 valence electrons. The fraction of sp³-hybridized carbons (Fsp3) is 0.154. The van der Waals surface area contributed by atoms with Crippen molar-refractivity contribution in [1.29, 1.82) is 0 Å². The molecule has 0 aliphatic carbocycles. The Labute approximate surface area is 218 Å². The number of ether oxygens (including phenoxy) is 1. The normalized spacial score (nSPS) is 11.2. The number of nitrogens with one attached hydrogen (secondary N) is 1. The number of thioether (sulfide) groups is 1. The number of rotatable bonds is 9. The molecule has 0 spiro atoms. The van der Waals surface area contributed by atoms with Gasteiger partial charge in [0.25, 0.3) is 0 Å². The molecule has 4 aromatic rings. The van der Waals surface area contributed by atoms with Gasteiger partial charge in [0.2, 0.25) is 5.91 Å². The van der Waals surface area contributed by atoms with Gasteiger partial charge in [-0.15, -0.1) is 10.2 Å². The Morgan fingerprint density at radius 2 is 1.62 bits per heavy atom. The molecular formula is C26H24N4O5S2. The van der Waals surface area contributed by atoms with Crippen molar-refractivity contribution < 1.29 is 22.7 Å². The Balaban J connectivity index is 1.52. The van der Waals surface area contributed by atoms with Crippen molar-refractivity contribution in [1.82, 2.24) is 14.8 Å². The Morgan fingerprint density at radius 1 is 0.946 bits per heavy atom. The zero-order valence-electron chi connectivity index (χ0n) is 20.1. The summed E-state index contributed by atoms with van der Waals surface area (Å²) in [5, 5.41) is 11.5. The number of amides is 1. The van der Waals surface area contributed by atoms with E-state index in [1.165, 1.54) is 7.11 Å². The molecule has 0 radical (unpaired) electrons. The molecule has 0 aliphatic heterocycles. The number of aryl methyl sites for hydroxylation is 1. The van der Waals surface area contributed by atoms with Gasteiger partial charge in [-0.2, -0.15) is 0 Å². The number of benzene rings is 3. The fourth-order valence-electron chi connectivity index (χ4n) is 3.46. The summed E-state index contributed by atoms with van der Waals surface area (Å²) >= 11 is 1.13. The van der Waals surface area contributed by atoms with Crippen molar-refractivity contribution in [2.75, 3.05) is 18.2 Å². The number of carbonyl (C=O) groups is 2. The molecule has 0 aliphatic rings. The summed E-state index contributed by atoms with van der Waals surface area (Å²) in [5.41, 5.74) is 2.54. The van der Waals surface area contributed by atoms with Crippen LogP contribution in [0.5, 0.6) is 0 Å². The number of carbonyl (C=O) groups excluding carboxylic acids is 2. The Hall–Kier alpha value is -3.96. The fourth-order valence-corrected chi connectivity index (χ4v) is 5.47. The molecule has 0 unspecified atom stereocenters. The topological polar surface area (TPSA) is 120 Å². The first-order valence-corrected chi connectivity index (χ1v) is 13.8. The Kier molecular flexibility index (Phi) is 8.04. The number of hydrogen-bond donors (Lipinski definition) is 1. The number of sulfone groups is 1. The molecule has 1 heterocycles. The minimum absolute atomic E-state index is 0.00837. The molecule has 9 nitrogen and oxygen atoms in total. The van der Waals surface area contributed by atoms with Crippen LogP contribution >= 0.6 is 11.8 Å². The summed E-state index contributed by atoms with van der Waals surface area (Å²) in [6.07, 6.45) is 0. The third-order valence-electron chi connectivity index (χ3n) is 5.34. The third-order valence-corrected chi connectivity index (χ3v) is 7.89. The lowest BCUT2D eigenvalue weighted by atomic mass is 10.2. The minimum Gasteiger partial charge on any atom is -0.465 e. The lowest BCUT2D eigenvalue weighted by molar-refractivity contribution is -0.113. The minimum atomic E-state index is -3.68. The molecule has 0 bridgehead atoms.